The number of hydrogen-bond donors (Lipinski definition) is 2. The molecule has 0 unspecified atom stereocenters. The second-order valence-corrected chi connectivity index (χ2v) is 10.6. The zero-order chi connectivity index (χ0) is 26.4. The molecular weight excluding hydrogens is 494 g/mol. The number of ether oxygens (including phenoxy) is 1. The monoisotopic (exact) mass is 523 g/mol. The molecule has 10 heteroatoms. The fraction of sp³-hybridized carbons (Fsp3) is 0.259. The molecule has 0 aromatic heterocycles. The number of nitrogens with one attached hydrogen (secondary N) is 1. The van der Waals surface area contributed by atoms with Crippen LogP contribution in [0.25, 0.3) is 0 Å². The van der Waals surface area contributed by atoms with Crippen LogP contribution >= 0.6 is 0 Å². The van der Waals surface area contributed by atoms with Crippen molar-refractivity contribution in [2.45, 2.75) is 18.4 Å². The lowest BCUT2D eigenvalue weighted by Crippen LogP contribution is -2.42. The lowest BCUT2D eigenvalue weighted by molar-refractivity contribution is -0.119. The number of carboxylic acid groups (broad SMARTS) is 1. The van der Waals surface area contributed by atoms with Gasteiger partial charge in [-0.2, -0.15) is 0 Å². The van der Waals surface area contributed by atoms with E-state index in [1.54, 1.807) is 36.4 Å². The fourth-order valence-corrected chi connectivity index (χ4v) is 5.52. The predicted molar refractivity (Wildman–Crippen MR) is 140 cm³/mol. The van der Waals surface area contributed by atoms with Crippen LogP contribution in [0.5, 0.6) is 0 Å². The molecule has 2 N–H and O–H groups in total. The third kappa shape index (κ3) is 6.28. The molecule has 3 aromatic carbocycles. The van der Waals surface area contributed by atoms with Crippen LogP contribution in [0.15, 0.2) is 77.7 Å². The van der Waals surface area contributed by atoms with Crippen LogP contribution in [0.4, 0.5) is 11.4 Å². The SMILES string of the molecule is Cc1ccc(S(=O)(=O)N(CC(=O)NCc2cccc(C(=O)O)c2)c2ccccc2N2CCOCC2)cc1. The number of morpholine rings is 1. The van der Waals surface area contributed by atoms with E-state index in [4.69, 9.17) is 4.74 Å². The number of aromatic carboxylic acids is 1. The number of sulfonamides is 1. The second-order valence-electron chi connectivity index (χ2n) is 8.70. The van der Waals surface area contributed by atoms with E-state index in [0.29, 0.717) is 43.2 Å². The first-order valence-electron chi connectivity index (χ1n) is 11.9. The molecule has 0 bridgehead atoms. The van der Waals surface area contributed by atoms with Gasteiger partial charge in [0.2, 0.25) is 5.91 Å². The number of benzene rings is 3. The summed E-state index contributed by atoms with van der Waals surface area (Å²) in [7, 11) is -4.09. The second kappa shape index (κ2) is 11.4. The van der Waals surface area contributed by atoms with Crippen LogP contribution in [0.1, 0.15) is 21.5 Å². The molecule has 9 nitrogen and oxygen atoms in total. The van der Waals surface area contributed by atoms with Gasteiger partial charge in [-0.05, 0) is 48.9 Å². The van der Waals surface area contributed by atoms with Gasteiger partial charge in [-0.3, -0.25) is 9.10 Å². The molecular formula is C27H29N3O6S. The summed E-state index contributed by atoms with van der Waals surface area (Å²) in [6.07, 6.45) is 0. The molecule has 0 atom stereocenters. The van der Waals surface area contributed by atoms with E-state index >= 15 is 0 Å². The maximum Gasteiger partial charge on any atom is 0.335 e. The minimum atomic E-state index is -4.09. The van der Waals surface area contributed by atoms with E-state index in [9.17, 15) is 23.1 Å². The van der Waals surface area contributed by atoms with Gasteiger partial charge in [-0.15, -0.1) is 0 Å². The molecule has 194 valence electrons. The Bertz CT molecular complexity index is 1370. The summed E-state index contributed by atoms with van der Waals surface area (Å²) < 4.78 is 34.3. The summed E-state index contributed by atoms with van der Waals surface area (Å²) in [4.78, 5) is 26.4. The lowest BCUT2D eigenvalue weighted by atomic mass is 10.1. The van der Waals surface area contributed by atoms with Gasteiger partial charge in [0.15, 0.2) is 0 Å². The molecule has 1 fully saturated rings. The first kappa shape index (κ1) is 26.2. The van der Waals surface area contributed by atoms with Crippen molar-refractivity contribution in [2.24, 2.45) is 0 Å². The molecule has 3 aromatic rings. The van der Waals surface area contributed by atoms with Crippen LogP contribution < -0.4 is 14.5 Å². The highest BCUT2D eigenvalue weighted by Gasteiger charge is 2.30. The zero-order valence-electron chi connectivity index (χ0n) is 20.5. The van der Waals surface area contributed by atoms with E-state index in [2.05, 4.69) is 5.32 Å². The number of nitrogens with zero attached hydrogens (tertiary/aromatic N) is 2. The highest BCUT2D eigenvalue weighted by molar-refractivity contribution is 7.92. The average molecular weight is 524 g/mol. The van der Waals surface area contributed by atoms with Crippen LogP contribution in [-0.4, -0.2) is 58.2 Å². The van der Waals surface area contributed by atoms with Crippen molar-refractivity contribution in [1.29, 1.82) is 0 Å². The maximum atomic E-state index is 13.8. The summed E-state index contributed by atoms with van der Waals surface area (Å²) in [5.74, 6) is -1.59. The number of amides is 1. The summed E-state index contributed by atoms with van der Waals surface area (Å²) in [5, 5.41) is 11.9. The molecule has 0 radical (unpaired) electrons. The van der Waals surface area contributed by atoms with E-state index in [1.165, 1.54) is 24.3 Å². The van der Waals surface area contributed by atoms with Crippen LogP contribution in [0, 0.1) is 6.92 Å². The Morgan fingerprint density at radius 1 is 1.00 bits per heavy atom. The smallest absolute Gasteiger partial charge is 0.335 e. The van der Waals surface area contributed by atoms with Gasteiger partial charge in [-0.1, -0.05) is 42.0 Å². The molecule has 0 saturated carbocycles. The number of aryl methyl sites for hydroxylation is 1. The number of carboxylic acids is 1. The normalized spacial score (nSPS) is 13.7. The zero-order valence-corrected chi connectivity index (χ0v) is 21.3. The Morgan fingerprint density at radius 3 is 2.41 bits per heavy atom. The van der Waals surface area contributed by atoms with E-state index in [-0.39, 0.29) is 17.0 Å². The first-order chi connectivity index (χ1) is 17.8. The maximum absolute atomic E-state index is 13.8. The lowest BCUT2D eigenvalue weighted by Gasteiger charge is -2.33. The van der Waals surface area contributed by atoms with E-state index in [0.717, 1.165) is 9.87 Å². The third-order valence-corrected chi connectivity index (χ3v) is 7.84. The number of rotatable bonds is 9. The van der Waals surface area contributed by atoms with E-state index < -0.39 is 28.4 Å². The van der Waals surface area contributed by atoms with Crippen molar-refractivity contribution < 1.29 is 27.9 Å². The average Bonchev–Trinajstić information content (AvgIpc) is 2.91. The number of hydrogen-bond acceptors (Lipinski definition) is 6. The molecule has 1 heterocycles. The Labute approximate surface area is 216 Å². The van der Waals surface area contributed by atoms with Crippen molar-refractivity contribution in [3.05, 3.63) is 89.5 Å². The minimum Gasteiger partial charge on any atom is -0.478 e. The van der Waals surface area contributed by atoms with Crippen LogP contribution in [-0.2, 0) is 26.1 Å². The summed E-state index contributed by atoms with van der Waals surface area (Å²) >= 11 is 0. The molecule has 1 amide bonds. The molecule has 4 rings (SSSR count). The van der Waals surface area contributed by atoms with Gasteiger partial charge in [-0.25, -0.2) is 13.2 Å². The van der Waals surface area contributed by atoms with Gasteiger partial charge in [0.05, 0.1) is 35.0 Å². The van der Waals surface area contributed by atoms with Crippen LogP contribution in [0.2, 0.25) is 0 Å². The van der Waals surface area contributed by atoms with Crippen LogP contribution in [0.3, 0.4) is 0 Å². The number of carbonyl (C=O) groups excluding carboxylic acids is 1. The number of carbonyl (C=O) groups is 2. The number of para-hydroxylation sites is 2. The Hall–Kier alpha value is -3.89. The molecule has 0 aliphatic carbocycles. The number of anilines is 2. The Morgan fingerprint density at radius 2 is 1.70 bits per heavy atom. The van der Waals surface area contributed by atoms with Crippen molar-refractivity contribution >= 4 is 33.3 Å². The standard InChI is InChI=1S/C27H29N3O6S/c1-20-9-11-23(12-10-20)37(34,35)30(25-8-3-2-7-24(25)29-13-15-36-16-14-29)19-26(31)28-18-21-5-4-6-22(17-21)27(32)33/h2-12,17H,13-16,18-19H2,1H3,(H,28,31)(H,32,33). The van der Waals surface area contributed by atoms with Crippen molar-refractivity contribution in [3.8, 4) is 0 Å². The van der Waals surface area contributed by atoms with Gasteiger partial charge >= 0.3 is 5.97 Å². The summed E-state index contributed by atoms with van der Waals surface area (Å²) in [6.45, 7) is 3.72. The molecule has 37 heavy (non-hydrogen) atoms. The largest absolute Gasteiger partial charge is 0.478 e. The molecule has 1 saturated heterocycles. The molecule has 0 spiro atoms. The highest BCUT2D eigenvalue weighted by atomic mass is 32.2. The van der Waals surface area contributed by atoms with E-state index in [1.807, 2.05) is 24.0 Å². The summed E-state index contributed by atoms with van der Waals surface area (Å²) in [6, 6.07) is 19.8. The minimum absolute atomic E-state index is 0.0590. The topological polar surface area (TPSA) is 116 Å². The van der Waals surface area contributed by atoms with Gasteiger partial charge in [0, 0.05) is 19.6 Å². The first-order valence-corrected chi connectivity index (χ1v) is 13.3. The van der Waals surface area contributed by atoms with Crippen molar-refractivity contribution in [3.63, 3.8) is 0 Å². The molecule has 1 aliphatic heterocycles. The molecule has 1 aliphatic rings. The van der Waals surface area contributed by atoms with Gasteiger partial charge in [0.1, 0.15) is 6.54 Å². The van der Waals surface area contributed by atoms with Gasteiger partial charge in [0.25, 0.3) is 10.0 Å². The third-order valence-electron chi connectivity index (χ3n) is 6.06. The highest BCUT2D eigenvalue weighted by Crippen LogP contribution is 2.33. The quantitative estimate of drug-likeness (QED) is 0.443. The fourth-order valence-electron chi connectivity index (χ4n) is 4.09. The summed E-state index contributed by atoms with van der Waals surface area (Å²) in [5.41, 5.74) is 2.71. The van der Waals surface area contributed by atoms with Gasteiger partial charge < -0.3 is 20.1 Å². The van der Waals surface area contributed by atoms with Crippen molar-refractivity contribution in [2.75, 3.05) is 42.1 Å². The van der Waals surface area contributed by atoms with Crippen molar-refractivity contribution in [1.82, 2.24) is 5.32 Å². The Balaban J connectivity index is 1.64. The predicted octanol–water partition coefficient (Wildman–Crippen LogP) is 3.04. The Kier molecular flexibility index (Phi) is 8.10.